The third-order valence-corrected chi connectivity index (χ3v) is 5.51. The van der Waals surface area contributed by atoms with Gasteiger partial charge < -0.3 is 4.90 Å². The highest BCUT2D eigenvalue weighted by atomic mass is 16.2. The number of carbonyl (C=O) groups is 1. The van der Waals surface area contributed by atoms with Gasteiger partial charge in [-0.2, -0.15) is 5.10 Å². The lowest BCUT2D eigenvalue weighted by atomic mass is 10.1. The van der Waals surface area contributed by atoms with E-state index in [0.717, 1.165) is 35.1 Å². The highest BCUT2D eigenvalue weighted by molar-refractivity contribution is 6.01. The summed E-state index contributed by atoms with van der Waals surface area (Å²) in [5, 5.41) is 6.44. The summed E-state index contributed by atoms with van der Waals surface area (Å²) in [4.78, 5) is 14.9. The standard InChI is InChI=1S/C26H21N3O/c30-26(28-27-16-21-12-5-10-19-7-3-4-14-25(19)21)20-11-6-13-24(15-20)29-17-22-8-1-2-9-23(22)18-29/h1-16H,17-18H2,(H,28,30)/b27-16-. The van der Waals surface area contributed by atoms with Gasteiger partial charge in [0.05, 0.1) is 6.21 Å². The molecule has 0 unspecified atom stereocenters. The first-order valence-corrected chi connectivity index (χ1v) is 10.0. The Labute approximate surface area is 175 Å². The van der Waals surface area contributed by atoms with E-state index in [0.29, 0.717) is 5.56 Å². The summed E-state index contributed by atoms with van der Waals surface area (Å²) < 4.78 is 0. The third kappa shape index (κ3) is 3.55. The molecule has 4 aromatic rings. The molecule has 1 amide bonds. The first-order valence-electron chi connectivity index (χ1n) is 10.0. The van der Waals surface area contributed by atoms with Gasteiger partial charge in [-0.05, 0) is 40.1 Å². The number of rotatable bonds is 4. The average molecular weight is 391 g/mol. The molecule has 0 saturated heterocycles. The van der Waals surface area contributed by atoms with E-state index >= 15 is 0 Å². The zero-order valence-electron chi connectivity index (χ0n) is 16.5. The number of fused-ring (bicyclic) bond motifs is 2. The number of nitrogens with one attached hydrogen (secondary N) is 1. The number of anilines is 1. The Kier molecular flexibility index (Phi) is 4.74. The monoisotopic (exact) mass is 391 g/mol. The molecule has 4 heteroatoms. The fourth-order valence-corrected chi connectivity index (χ4v) is 3.95. The minimum Gasteiger partial charge on any atom is -0.363 e. The van der Waals surface area contributed by atoms with Crippen LogP contribution >= 0.6 is 0 Å². The van der Waals surface area contributed by atoms with E-state index in [-0.39, 0.29) is 5.91 Å². The lowest BCUT2D eigenvalue weighted by molar-refractivity contribution is 0.0955. The van der Waals surface area contributed by atoms with E-state index in [4.69, 9.17) is 0 Å². The van der Waals surface area contributed by atoms with Crippen molar-refractivity contribution in [3.05, 3.63) is 113 Å². The lowest BCUT2D eigenvalue weighted by Crippen LogP contribution is -2.19. The molecule has 0 atom stereocenters. The predicted molar refractivity (Wildman–Crippen MR) is 122 cm³/mol. The Morgan fingerprint density at radius 1 is 0.833 bits per heavy atom. The number of hydrogen-bond acceptors (Lipinski definition) is 3. The zero-order valence-corrected chi connectivity index (χ0v) is 16.5. The second kappa shape index (κ2) is 7.84. The van der Waals surface area contributed by atoms with E-state index in [1.54, 1.807) is 6.21 Å². The van der Waals surface area contributed by atoms with Crippen LogP contribution in [-0.4, -0.2) is 12.1 Å². The summed E-state index contributed by atoms with van der Waals surface area (Å²) in [6, 6.07) is 30.3. The molecule has 1 aliphatic rings. The van der Waals surface area contributed by atoms with Crippen LogP contribution in [-0.2, 0) is 13.1 Å². The predicted octanol–water partition coefficient (Wildman–Crippen LogP) is 5.12. The first-order chi connectivity index (χ1) is 14.8. The molecule has 30 heavy (non-hydrogen) atoms. The number of hydrazone groups is 1. The molecule has 0 bridgehead atoms. The van der Waals surface area contributed by atoms with Gasteiger partial charge in [-0.3, -0.25) is 4.79 Å². The molecule has 0 spiro atoms. The highest BCUT2D eigenvalue weighted by Gasteiger charge is 2.19. The summed E-state index contributed by atoms with van der Waals surface area (Å²) in [6.07, 6.45) is 1.70. The molecule has 0 aliphatic carbocycles. The zero-order chi connectivity index (χ0) is 20.3. The van der Waals surface area contributed by atoms with Crippen molar-refractivity contribution in [2.45, 2.75) is 13.1 Å². The van der Waals surface area contributed by atoms with Gasteiger partial charge in [0.15, 0.2) is 0 Å². The minimum atomic E-state index is -0.218. The second-order valence-corrected chi connectivity index (χ2v) is 7.44. The lowest BCUT2D eigenvalue weighted by Gasteiger charge is -2.18. The van der Waals surface area contributed by atoms with Gasteiger partial charge >= 0.3 is 0 Å². The summed E-state index contributed by atoms with van der Waals surface area (Å²) in [5.74, 6) is -0.218. The van der Waals surface area contributed by atoms with Crippen LogP contribution in [0.4, 0.5) is 5.69 Å². The van der Waals surface area contributed by atoms with Crippen molar-refractivity contribution >= 4 is 28.6 Å². The van der Waals surface area contributed by atoms with E-state index in [1.807, 2.05) is 48.5 Å². The van der Waals surface area contributed by atoms with Crippen molar-refractivity contribution in [1.29, 1.82) is 0 Å². The molecule has 0 fully saturated rings. The van der Waals surface area contributed by atoms with Gasteiger partial charge in [-0.15, -0.1) is 0 Å². The molecule has 4 nitrogen and oxygen atoms in total. The molecular formula is C26H21N3O. The van der Waals surface area contributed by atoms with Crippen LogP contribution < -0.4 is 10.3 Å². The quantitative estimate of drug-likeness (QED) is 0.387. The maximum absolute atomic E-state index is 12.6. The fraction of sp³-hybridized carbons (Fsp3) is 0.0769. The third-order valence-electron chi connectivity index (χ3n) is 5.51. The summed E-state index contributed by atoms with van der Waals surface area (Å²) in [6.45, 7) is 1.72. The van der Waals surface area contributed by atoms with E-state index in [2.05, 4.69) is 57.9 Å². The average Bonchev–Trinajstić information content (AvgIpc) is 3.24. The van der Waals surface area contributed by atoms with Gasteiger partial charge in [0.1, 0.15) is 0 Å². The highest BCUT2D eigenvalue weighted by Crippen LogP contribution is 2.28. The van der Waals surface area contributed by atoms with Crippen LogP contribution in [0.1, 0.15) is 27.0 Å². The van der Waals surface area contributed by atoms with Crippen molar-refractivity contribution in [3.8, 4) is 0 Å². The summed E-state index contributed by atoms with van der Waals surface area (Å²) in [7, 11) is 0. The van der Waals surface area contributed by atoms with Crippen LogP contribution in [0.5, 0.6) is 0 Å². The van der Waals surface area contributed by atoms with Crippen molar-refractivity contribution in [1.82, 2.24) is 5.43 Å². The van der Waals surface area contributed by atoms with Crippen molar-refractivity contribution < 1.29 is 4.79 Å². The first kappa shape index (κ1) is 18.1. The van der Waals surface area contributed by atoms with Crippen LogP contribution in [0.25, 0.3) is 10.8 Å². The molecule has 4 aromatic carbocycles. The SMILES string of the molecule is O=C(N/N=C\c1cccc2ccccc12)c1cccc(N2Cc3ccccc3C2)c1. The molecule has 0 aromatic heterocycles. The number of carbonyl (C=O) groups excluding carboxylic acids is 1. The van der Waals surface area contributed by atoms with Gasteiger partial charge in [0, 0.05) is 29.9 Å². The van der Waals surface area contributed by atoms with Crippen molar-refractivity contribution in [2.24, 2.45) is 5.10 Å². The van der Waals surface area contributed by atoms with E-state index in [9.17, 15) is 4.79 Å². The minimum absolute atomic E-state index is 0.218. The van der Waals surface area contributed by atoms with Crippen LogP contribution in [0.2, 0.25) is 0 Å². The van der Waals surface area contributed by atoms with Crippen LogP contribution in [0, 0.1) is 0 Å². The number of benzene rings is 4. The molecular weight excluding hydrogens is 370 g/mol. The second-order valence-electron chi connectivity index (χ2n) is 7.44. The summed E-state index contributed by atoms with van der Waals surface area (Å²) >= 11 is 0. The molecule has 1 heterocycles. The summed E-state index contributed by atoms with van der Waals surface area (Å²) in [5.41, 5.74) is 7.94. The van der Waals surface area contributed by atoms with Crippen molar-refractivity contribution in [3.63, 3.8) is 0 Å². The molecule has 1 N–H and O–H groups in total. The number of nitrogens with zero attached hydrogens (tertiary/aromatic N) is 2. The Hall–Kier alpha value is -3.92. The molecule has 5 rings (SSSR count). The van der Waals surface area contributed by atoms with Gasteiger partial charge in [0.25, 0.3) is 5.91 Å². The Balaban J connectivity index is 1.30. The Morgan fingerprint density at radius 3 is 2.37 bits per heavy atom. The van der Waals surface area contributed by atoms with Gasteiger partial charge in [-0.1, -0.05) is 72.8 Å². The van der Waals surface area contributed by atoms with Gasteiger partial charge in [-0.25, -0.2) is 5.43 Å². The van der Waals surface area contributed by atoms with Crippen molar-refractivity contribution in [2.75, 3.05) is 4.90 Å². The maximum Gasteiger partial charge on any atom is 0.271 e. The molecule has 0 saturated carbocycles. The van der Waals surface area contributed by atoms with Crippen LogP contribution in [0.3, 0.4) is 0 Å². The smallest absolute Gasteiger partial charge is 0.271 e. The molecule has 0 radical (unpaired) electrons. The fourth-order valence-electron chi connectivity index (χ4n) is 3.95. The molecule has 146 valence electrons. The largest absolute Gasteiger partial charge is 0.363 e. The molecule has 1 aliphatic heterocycles. The van der Waals surface area contributed by atoms with Gasteiger partial charge in [0.2, 0.25) is 0 Å². The maximum atomic E-state index is 12.6. The Morgan fingerprint density at radius 2 is 1.53 bits per heavy atom. The Bertz CT molecular complexity index is 1230. The normalized spacial score (nSPS) is 13.0. The van der Waals surface area contributed by atoms with Crippen LogP contribution in [0.15, 0.2) is 96.1 Å². The number of amides is 1. The van der Waals surface area contributed by atoms with E-state index < -0.39 is 0 Å². The van der Waals surface area contributed by atoms with E-state index in [1.165, 1.54) is 11.1 Å². The topological polar surface area (TPSA) is 44.7 Å². The number of hydrogen-bond donors (Lipinski definition) is 1.